The third-order valence-corrected chi connectivity index (χ3v) is 6.35. The highest BCUT2D eigenvalue weighted by Gasteiger charge is 2.36. The largest absolute Gasteiger partial charge is 0.469 e. The lowest BCUT2D eigenvalue weighted by atomic mass is 10.0. The summed E-state index contributed by atoms with van der Waals surface area (Å²) in [5.74, 6) is 0.323. The molecule has 0 radical (unpaired) electrons. The molecular weight excluding hydrogens is 469 g/mol. The molecule has 9 heteroatoms. The highest BCUT2D eigenvalue weighted by molar-refractivity contribution is 5.93. The Hall–Kier alpha value is -4.14. The Morgan fingerprint density at radius 2 is 1.83 bits per heavy atom. The predicted octanol–water partition coefficient (Wildman–Crippen LogP) is 6.25. The van der Waals surface area contributed by atoms with Gasteiger partial charge in [-0.2, -0.15) is 18.3 Å². The topological polar surface area (TPSA) is 63.6 Å². The Kier molecular flexibility index (Phi) is 5.99. The highest BCUT2D eigenvalue weighted by atomic mass is 19.4. The molecule has 0 unspecified atom stereocenters. The number of halogens is 3. The van der Waals surface area contributed by atoms with E-state index in [-0.39, 0.29) is 23.1 Å². The summed E-state index contributed by atoms with van der Waals surface area (Å²) in [6.45, 7) is 1.87. The second-order valence-electron chi connectivity index (χ2n) is 8.77. The molecule has 6 nitrogen and oxygen atoms in total. The summed E-state index contributed by atoms with van der Waals surface area (Å²) in [6.07, 6.45) is -1.85. The number of aromatic nitrogens is 3. The molecule has 0 fully saturated rings. The van der Waals surface area contributed by atoms with E-state index in [4.69, 9.17) is 4.42 Å². The summed E-state index contributed by atoms with van der Waals surface area (Å²) in [4.78, 5) is 19.0. The van der Waals surface area contributed by atoms with Crippen molar-refractivity contribution >= 4 is 22.3 Å². The van der Waals surface area contributed by atoms with Gasteiger partial charge in [0.2, 0.25) is 0 Å². The van der Waals surface area contributed by atoms with Crippen LogP contribution >= 0.6 is 0 Å². The maximum Gasteiger partial charge on any atom is 0.433 e. The van der Waals surface area contributed by atoms with Crippen molar-refractivity contribution in [2.45, 2.75) is 32.0 Å². The van der Waals surface area contributed by atoms with Crippen LogP contribution in [-0.2, 0) is 12.6 Å². The first kappa shape index (κ1) is 23.6. The van der Waals surface area contributed by atoms with Crippen molar-refractivity contribution in [1.82, 2.24) is 19.5 Å². The van der Waals surface area contributed by atoms with Crippen LogP contribution in [0.25, 0.3) is 27.7 Å². The fourth-order valence-corrected chi connectivity index (χ4v) is 4.16. The standard InChI is InChI=1S/C27H23F3N4O2/c1-17(9-12-21-8-5-13-36-21)33(2)26(35)23-16-25-31-22(15-24(27(28,29)30)34(25)32-23)20-11-10-18-6-3-4-7-19(18)14-20/h3-8,10-11,13-17H,9,12H2,1-2H3/t17-/m1/s1. The van der Waals surface area contributed by atoms with Gasteiger partial charge in [-0.15, -0.1) is 0 Å². The summed E-state index contributed by atoms with van der Waals surface area (Å²) in [5, 5.41) is 5.86. The number of hydrogen-bond donors (Lipinski definition) is 0. The molecule has 3 aromatic heterocycles. The summed E-state index contributed by atoms with van der Waals surface area (Å²) < 4.78 is 48.0. The third kappa shape index (κ3) is 4.56. The Bertz CT molecular complexity index is 1540. The van der Waals surface area contributed by atoms with Gasteiger partial charge in [0.15, 0.2) is 17.0 Å². The van der Waals surface area contributed by atoms with Crippen LogP contribution in [-0.4, -0.2) is 38.5 Å². The second kappa shape index (κ2) is 9.14. The van der Waals surface area contributed by atoms with Crippen LogP contribution in [0.5, 0.6) is 0 Å². The van der Waals surface area contributed by atoms with E-state index in [1.807, 2.05) is 43.3 Å². The molecule has 0 aliphatic heterocycles. The number of fused-ring (bicyclic) bond motifs is 2. The number of carbonyl (C=O) groups is 1. The minimum Gasteiger partial charge on any atom is -0.469 e. The van der Waals surface area contributed by atoms with E-state index >= 15 is 0 Å². The fraction of sp³-hybridized carbons (Fsp3) is 0.222. The van der Waals surface area contributed by atoms with Crippen molar-refractivity contribution < 1.29 is 22.4 Å². The minimum atomic E-state index is -4.69. The molecule has 0 aliphatic rings. The molecule has 5 aromatic rings. The molecule has 0 spiro atoms. The van der Waals surface area contributed by atoms with Crippen LogP contribution in [0.15, 0.2) is 77.4 Å². The van der Waals surface area contributed by atoms with E-state index < -0.39 is 17.8 Å². The maximum absolute atomic E-state index is 14.0. The first-order valence-electron chi connectivity index (χ1n) is 11.5. The van der Waals surface area contributed by atoms with Crippen molar-refractivity contribution in [2.75, 3.05) is 7.05 Å². The molecule has 36 heavy (non-hydrogen) atoms. The van der Waals surface area contributed by atoms with Crippen molar-refractivity contribution in [3.8, 4) is 11.3 Å². The Balaban J connectivity index is 1.49. The molecule has 0 saturated heterocycles. The molecule has 0 saturated carbocycles. The normalized spacial score (nSPS) is 12.8. The van der Waals surface area contributed by atoms with Gasteiger partial charge >= 0.3 is 6.18 Å². The molecular formula is C27H23F3N4O2. The number of nitrogens with zero attached hydrogens (tertiary/aromatic N) is 4. The molecule has 3 heterocycles. The average molecular weight is 493 g/mol. The molecule has 1 amide bonds. The number of amides is 1. The van der Waals surface area contributed by atoms with Crippen LogP contribution < -0.4 is 0 Å². The summed E-state index contributed by atoms with van der Waals surface area (Å²) >= 11 is 0. The second-order valence-corrected chi connectivity index (χ2v) is 8.77. The van der Waals surface area contributed by atoms with Crippen molar-refractivity contribution in [3.63, 3.8) is 0 Å². The number of hydrogen-bond acceptors (Lipinski definition) is 4. The van der Waals surface area contributed by atoms with Gasteiger partial charge in [-0.25, -0.2) is 9.50 Å². The third-order valence-electron chi connectivity index (χ3n) is 6.35. The zero-order valence-electron chi connectivity index (χ0n) is 19.7. The van der Waals surface area contributed by atoms with Gasteiger partial charge in [0, 0.05) is 31.1 Å². The van der Waals surface area contributed by atoms with Gasteiger partial charge in [0.25, 0.3) is 5.91 Å². The van der Waals surface area contributed by atoms with Gasteiger partial charge in [0.1, 0.15) is 5.76 Å². The quantitative estimate of drug-likeness (QED) is 0.281. The molecule has 0 aliphatic carbocycles. The predicted molar refractivity (Wildman–Crippen MR) is 130 cm³/mol. The van der Waals surface area contributed by atoms with E-state index in [1.54, 1.807) is 31.5 Å². The van der Waals surface area contributed by atoms with E-state index in [9.17, 15) is 18.0 Å². The average Bonchev–Trinajstić information content (AvgIpc) is 3.54. The summed E-state index contributed by atoms with van der Waals surface area (Å²) in [5.41, 5.74) is -0.452. The SMILES string of the molecule is C[C@H](CCc1ccco1)N(C)C(=O)c1cc2nc(-c3ccc4ccccc4c3)cc(C(F)(F)F)n2n1. The van der Waals surface area contributed by atoms with Crippen molar-refractivity contribution in [2.24, 2.45) is 0 Å². The van der Waals surface area contributed by atoms with Gasteiger partial charge in [-0.3, -0.25) is 4.79 Å². The van der Waals surface area contributed by atoms with E-state index in [1.165, 1.54) is 11.0 Å². The first-order chi connectivity index (χ1) is 17.2. The number of aryl methyl sites for hydroxylation is 1. The van der Waals surface area contributed by atoms with Crippen LogP contribution in [0, 0.1) is 0 Å². The molecule has 2 aromatic carbocycles. The molecule has 184 valence electrons. The van der Waals surface area contributed by atoms with Gasteiger partial charge in [0.05, 0.1) is 12.0 Å². The molecule has 0 bridgehead atoms. The lowest BCUT2D eigenvalue weighted by molar-refractivity contribution is -0.142. The number of carbonyl (C=O) groups excluding carboxylic acids is 1. The first-order valence-corrected chi connectivity index (χ1v) is 11.5. The lowest BCUT2D eigenvalue weighted by Crippen LogP contribution is -2.35. The van der Waals surface area contributed by atoms with Crippen LogP contribution in [0.3, 0.4) is 0 Å². The Labute approximate surface area is 205 Å². The molecule has 0 N–H and O–H groups in total. The van der Waals surface area contributed by atoms with Crippen LogP contribution in [0.1, 0.15) is 35.3 Å². The van der Waals surface area contributed by atoms with Gasteiger partial charge in [-0.05, 0) is 48.4 Å². The van der Waals surface area contributed by atoms with Crippen molar-refractivity contribution in [3.05, 3.63) is 90.1 Å². The van der Waals surface area contributed by atoms with E-state index in [0.29, 0.717) is 22.9 Å². The Morgan fingerprint density at radius 3 is 2.56 bits per heavy atom. The zero-order valence-corrected chi connectivity index (χ0v) is 19.7. The number of benzene rings is 2. The number of rotatable bonds is 6. The van der Waals surface area contributed by atoms with Crippen LogP contribution in [0.2, 0.25) is 0 Å². The maximum atomic E-state index is 14.0. The zero-order chi connectivity index (χ0) is 25.4. The highest BCUT2D eigenvalue weighted by Crippen LogP contribution is 2.33. The smallest absolute Gasteiger partial charge is 0.433 e. The molecule has 1 atom stereocenters. The fourth-order valence-electron chi connectivity index (χ4n) is 4.16. The lowest BCUT2D eigenvalue weighted by Gasteiger charge is -2.23. The Morgan fingerprint density at radius 1 is 1.06 bits per heavy atom. The van der Waals surface area contributed by atoms with Gasteiger partial charge < -0.3 is 9.32 Å². The monoisotopic (exact) mass is 492 g/mol. The molecule has 5 rings (SSSR count). The minimum absolute atomic E-state index is 0.0482. The van der Waals surface area contributed by atoms with Crippen LogP contribution in [0.4, 0.5) is 13.2 Å². The number of alkyl halides is 3. The number of furan rings is 1. The van der Waals surface area contributed by atoms with E-state index in [2.05, 4.69) is 10.1 Å². The van der Waals surface area contributed by atoms with Gasteiger partial charge in [-0.1, -0.05) is 36.4 Å². The summed E-state index contributed by atoms with van der Waals surface area (Å²) in [6, 6.07) is 18.7. The summed E-state index contributed by atoms with van der Waals surface area (Å²) in [7, 11) is 1.61. The van der Waals surface area contributed by atoms with Crippen molar-refractivity contribution in [1.29, 1.82) is 0 Å². The van der Waals surface area contributed by atoms with E-state index in [0.717, 1.165) is 22.6 Å².